The molecule has 0 saturated carbocycles. The van der Waals surface area contributed by atoms with Crippen molar-refractivity contribution in [1.29, 1.82) is 0 Å². The molecule has 0 bridgehead atoms. The number of nitrogens with zero attached hydrogens (tertiary/aromatic N) is 1. The van der Waals surface area contributed by atoms with Crippen LogP contribution in [0.2, 0.25) is 0 Å². The molecule has 0 aliphatic heterocycles. The summed E-state index contributed by atoms with van der Waals surface area (Å²) >= 11 is 0. The minimum Gasteiger partial charge on any atom is -0.326 e. The van der Waals surface area contributed by atoms with Gasteiger partial charge in [0.2, 0.25) is 11.8 Å². The molecule has 0 spiro atoms. The molecule has 4 heteroatoms. The van der Waals surface area contributed by atoms with Gasteiger partial charge >= 0.3 is 0 Å². The molecule has 0 atom stereocenters. The normalized spacial score (nSPS) is 10.6. The van der Waals surface area contributed by atoms with Crippen molar-refractivity contribution >= 4 is 23.2 Å². The highest BCUT2D eigenvalue weighted by molar-refractivity contribution is 5.96. The number of para-hydroxylation sites is 1. The summed E-state index contributed by atoms with van der Waals surface area (Å²) in [6.45, 7) is 12.0. The van der Waals surface area contributed by atoms with Gasteiger partial charge in [0.05, 0.1) is 0 Å². The van der Waals surface area contributed by atoms with E-state index in [1.165, 1.54) is 5.56 Å². The SMILES string of the molecule is CCc1cccc(C)c1N(CCC(=O)Nc1c(C)cc(C)cc1C)C(C)=O. The van der Waals surface area contributed by atoms with Crippen LogP contribution in [0.25, 0.3) is 0 Å². The molecule has 0 radical (unpaired) electrons. The molecule has 2 amide bonds. The summed E-state index contributed by atoms with van der Waals surface area (Å²) in [5, 5.41) is 3.02. The van der Waals surface area contributed by atoms with Crippen LogP contribution in [-0.2, 0) is 16.0 Å². The van der Waals surface area contributed by atoms with Crippen molar-refractivity contribution in [3.63, 3.8) is 0 Å². The van der Waals surface area contributed by atoms with Crippen LogP contribution < -0.4 is 10.2 Å². The van der Waals surface area contributed by atoms with Crippen LogP contribution in [0.1, 0.15) is 48.1 Å². The number of hydrogen-bond donors (Lipinski definition) is 1. The fourth-order valence-corrected chi connectivity index (χ4v) is 3.61. The van der Waals surface area contributed by atoms with Gasteiger partial charge in [-0.05, 0) is 56.4 Å². The van der Waals surface area contributed by atoms with Crippen LogP contribution in [0.15, 0.2) is 30.3 Å². The molecular weight excluding hydrogens is 336 g/mol. The van der Waals surface area contributed by atoms with E-state index in [1.54, 1.807) is 11.8 Å². The first-order valence-electron chi connectivity index (χ1n) is 9.48. The summed E-state index contributed by atoms with van der Waals surface area (Å²) in [6, 6.07) is 10.2. The molecule has 2 aromatic carbocycles. The first-order valence-corrected chi connectivity index (χ1v) is 9.48. The highest BCUT2D eigenvalue weighted by Crippen LogP contribution is 2.27. The summed E-state index contributed by atoms with van der Waals surface area (Å²) in [5.41, 5.74) is 7.25. The largest absolute Gasteiger partial charge is 0.326 e. The van der Waals surface area contributed by atoms with Crippen LogP contribution in [0, 0.1) is 27.7 Å². The van der Waals surface area contributed by atoms with Crippen molar-refractivity contribution in [3.05, 3.63) is 58.1 Å². The second-order valence-electron chi connectivity index (χ2n) is 7.18. The molecule has 144 valence electrons. The molecule has 27 heavy (non-hydrogen) atoms. The molecule has 2 rings (SSSR count). The molecule has 0 aromatic heterocycles. The number of carbonyl (C=O) groups excluding carboxylic acids is 2. The number of nitrogens with one attached hydrogen (secondary N) is 1. The molecule has 0 heterocycles. The van der Waals surface area contributed by atoms with E-state index in [2.05, 4.69) is 24.4 Å². The summed E-state index contributed by atoms with van der Waals surface area (Å²) in [6.07, 6.45) is 1.10. The van der Waals surface area contributed by atoms with E-state index in [9.17, 15) is 9.59 Å². The van der Waals surface area contributed by atoms with Crippen molar-refractivity contribution in [1.82, 2.24) is 0 Å². The number of benzene rings is 2. The minimum absolute atomic E-state index is 0.0468. The van der Waals surface area contributed by atoms with Gasteiger partial charge in [0.15, 0.2) is 0 Å². The Hall–Kier alpha value is -2.62. The zero-order valence-corrected chi connectivity index (χ0v) is 17.3. The maximum absolute atomic E-state index is 12.6. The average molecular weight is 367 g/mol. The third-order valence-electron chi connectivity index (χ3n) is 4.86. The Kier molecular flexibility index (Phi) is 6.78. The van der Waals surface area contributed by atoms with Gasteiger partial charge in [0, 0.05) is 31.3 Å². The Morgan fingerprint density at radius 3 is 2.19 bits per heavy atom. The fraction of sp³-hybridized carbons (Fsp3) is 0.391. The molecule has 0 saturated heterocycles. The summed E-state index contributed by atoms with van der Waals surface area (Å²) < 4.78 is 0. The third kappa shape index (κ3) is 4.97. The Labute approximate surface area is 162 Å². The maximum atomic E-state index is 12.6. The van der Waals surface area contributed by atoms with Crippen molar-refractivity contribution in [3.8, 4) is 0 Å². The zero-order valence-electron chi connectivity index (χ0n) is 17.3. The second kappa shape index (κ2) is 8.85. The number of hydrogen-bond acceptors (Lipinski definition) is 2. The standard InChI is InChI=1S/C23H30N2O2/c1-7-20-10-8-9-16(3)23(20)25(19(6)26)12-11-21(27)24-22-17(4)13-15(2)14-18(22)5/h8-10,13-14H,7,11-12H2,1-6H3,(H,24,27). The van der Waals surface area contributed by atoms with E-state index in [4.69, 9.17) is 0 Å². The molecule has 0 aliphatic rings. The summed E-state index contributed by atoms with van der Waals surface area (Å²) in [4.78, 5) is 26.6. The monoisotopic (exact) mass is 366 g/mol. The number of amides is 2. The molecule has 4 nitrogen and oxygen atoms in total. The number of aryl methyl sites for hydroxylation is 5. The lowest BCUT2D eigenvalue weighted by Gasteiger charge is -2.25. The van der Waals surface area contributed by atoms with Crippen molar-refractivity contribution in [2.45, 2.75) is 54.4 Å². The summed E-state index contributed by atoms with van der Waals surface area (Å²) in [7, 11) is 0. The van der Waals surface area contributed by atoms with E-state index < -0.39 is 0 Å². The fourth-order valence-electron chi connectivity index (χ4n) is 3.61. The lowest BCUT2D eigenvalue weighted by molar-refractivity contribution is -0.117. The predicted octanol–water partition coefficient (Wildman–Crippen LogP) is 4.86. The smallest absolute Gasteiger partial charge is 0.226 e. The second-order valence-corrected chi connectivity index (χ2v) is 7.18. The molecule has 2 aromatic rings. The first kappa shape index (κ1) is 20.7. The molecule has 0 unspecified atom stereocenters. The zero-order chi connectivity index (χ0) is 20.1. The number of anilines is 2. The highest BCUT2D eigenvalue weighted by atomic mass is 16.2. The summed E-state index contributed by atoms with van der Waals surface area (Å²) in [5.74, 6) is -0.127. The molecule has 0 fully saturated rings. The topological polar surface area (TPSA) is 49.4 Å². The average Bonchev–Trinajstić information content (AvgIpc) is 2.59. The molecule has 1 N–H and O–H groups in total. The predicted molar refractivity (Wildman–Crippen MR) is 112 cm³/mol. The quantitative estimate of drug-likeness (QED) is 0.793. The van der Waals surface area contributed by atoms with Crippen LogP contribution in [0.3, 0.4) is 0 Å². The van der Waals surface area contributed by atoms with Gasteiger partial charge in [-0.3, -0.25) is 9.59 Å². The number of rotatable bonds is 6. The van der Waals surface area contributed by atoms with E-state index >= 15 is 0 Å². The van der Waals surface area contributed by atoms with Crippen molar-refractivity contribution < 1.29 is 9.59 Å². The van der Waals surface area contributed by atoms with Crippen molar-refractivity contribution in [2.75, 3.05) is 16.8 Å². The van der Waals surface area contributed by atoms with Gasteiger partial charge in [0.1, 0.15) is 0 Å². The van der Waals surface area contributed by atoms with Gasteiger partial charge < -0.3 is 10.2 Å². The molecule has 0 aliphatic carbocycles. The van der Waals surface area contributed by atoms with E-state index in [0.29, 0.717) is 6.54 Å². The first-order chi connectivity index (χ1) is 12.7. The Morgan fingerprint density at radius 2 is 1.63 bits per heavy atom. The Balaban J connectivity index is 2.16. The Bertz CT molecular complexity index is 832. The van der Waals surface area contributed by atoms with Crippen LogP contribution >= 0.6 is 0 Å². The maximum Gasteiger partial charge on any atom is 0.226 e. The molecular formula is C23H30N2O2. The lowest BCUT2D eigenvalue weighted by atomic mass is 10.0. The van der Waals surface area contributed by atoms with E-state index in [-0.39, 0.29) is 18.2 Å². The van der Waals surface area contributed by atoms with Crippen LogP contribution in [-0.4, -0.2) is 18.4 Å². The lowest BCUT2D eigenvalue weighted by Crippen LogP contribution is -2.33. The van der Waals surface area contributed by atoms with Gasteiger partial charge in [0.25, 0.3) is 0 Å². The van der Waals surface area contributed by atoms with Crippen LogP contribution in [0.5, 0.6) is 0 Å². The van der Waals surface area contributed by atoms with Crippen LogP contribution in [0.4, 0.5) is 11.4 Å². The number of carbonyl (C=O) groups is 2. The van der Waals surface area contributed by atoms with E-state index in [0.717, 1.165) is 40.0 Å². The highest BCUT2D eigenvalue weighted by Gasteiger charge is 2.18. The van der Waals surface area contributed by atoms with Gasteiger partial charge in [-0.1, -0.05) is 42.8 Å². The third-order valence-corrected chi connectivity index (χ3v) is 4.86. The van der Waals surface area contributed by atoms with Crippen molar-refractivity contribution in [2.24, 2.45) is 0 Å². The van der Waals surface area contributed by atoms with E-state index in [1.807, 2.05) is 45.9 Å². The van der Waals surface area contributed by atoms with Gasteiger partial charge in [-0.25, -0.2) is 0 Å². The minimum atomic E-state index is -0.0806. The van der Waals surface area contributed by atoms with Gasteiger partial charge in [-0.15, -0.1) is 0 Å². The van der Waals surface area contributed by atoms with Gasteiger partial charge in [-0.2, -0.15) is 0 Å². The Morgan fingerprint density at radius 1 is 1.00 bits per heavy atom.